The van der Waals surface area contributed by atoms with Crippen LogP contribution in [0.1, 0.15) is 44.1 Å². The highest BCUT2D eigenvalue weighted by molar-refractivity contribution is 6.14. The van der Waals surface area contributed by atoms with Crippen LogP contribution in [0.3, 0.4) is 0 Å². The minimum absolute atomic E-state index is 0.406. The normalized spacial score (nSPS) is 19.3. The van der Waals surface area contributed by atoms with Gasteiger partial charge in [-0.05, 0) is 172 Å². The van der Waals surface area contributed by atoms with Gasteiger partial charge in [0.05, 0.1) is 11.0 Å². The Balaban J connectivity index is 0.873. The molecular formula is C68H54N2. The van der Waals surface area contributed by atoms with Gasteiger partial charge in [-0.2, -0.15) is 0 Å². The summed E-state index contributed by atoms with van der Waals surface area (Å²) in [5.74, 6) is 2.83. The number of aromatic nitrogens is 1. The van der Waals surface area contributed by atoms with Crippen molar-refractivity contribution in [1.82, 2.24) is 4.57 Å². The minimum atomic E-state index is 0.406. The topological polar surface area (TPSA) is 8.17 Å². The summed E-state index contributed by atoms with van der Waals surface area (Å²) in [6, 6.07) is 87.9. The first kappa shape index (κ1) is 41.1. The van der Waals surface area contributed by atoms with Gasteiger partial charge in [-0.1, -0.05) is 182 Å². The Morgan fingerprint density at radius 2 is 0.871 bits per heavy atom. The van der Waals surface area contributed by atoms with Crippen LogP contribution in [0.2, 0.25) is 0 Å². The molecule has 4 aliphatic rings. The zero-order chi connectivity index (χ0) is 46.2. The molecule has 4 saturated carbocycles. The largest absolute Gasteiger partial charge is 0.310 e. The second kappa shape index (κ2) is 16.6. The lowest BCUT2D eigenvalue weighted by molar-refractivity contribution is -0.00518. The maximum Gasteiger partial charge on any atom is 0.0619 e. The van der Waals surface area contributed by atoms with Gasteiger partial charge in [-0.3, -0.25) is 0 Å². The van der Waals surface area contributed by atoms with Gasteiger partial charge in [0.2, 0.25) is 0 Å². The molecule has 0 N–H and O–H groups in total. The fourth-order valence-corrected chi connectivity index (χ4v) is 13.9. The molecule has 70 heavy (non-hydrogen) atoms. The summed E-state index contributed by atoms with van der Waals surface area (Å²) in [6.07, 6.45) is 8.62. The Hall–Kier alpha value is -7.94. The molecule has 2 heteroatoms. The molecule has 10 aromatic carbocycles. The molecular weight excluding hydrogens is 845 g/mol. The van der Waals surface area contributed by atoms with Crippen molar-refractivity contribution < 1.29 is 0 Å². The van der Waals surface area contributed by atoms with Gasteiger partial charge in [0.15, 0.2) is 0 Å². The number of hydrogen-bond donors (Lipinski definition) is 0. The first-order chi connectivity index (χ1) is 34.6. The van der Waals surface area contributed by atoms with Crippen molar-refractivity contribution in [2.75, 3.05) is 4.90 Å². The van der Waals surface area contributed by atoms with Gasteiger partial charge in [-0.25, -0.2) is 0 Å². The number of para-hydroxylation sites is 3. The molecule has 0 radical (unpaired) electrons. The number of anilines is 3. The van der Waals surface area contributed by atoms with Crippen LogP contribution in [-0.4, -0.2) is 4.57 Å². The highest BCUT2D eigenvalue weighted by Crippen LogP contribution is 2.61. The molecule has 336 valence electrons. The second-order valence-corrected chi connectivity index (χ2v) is 20.7. The number of rotatable bonds is 9. The first-order valence-electron chi connectivity index (χ1n) is 25.5. The number of fused-ring (bicyclic) bond motifs is 4. The van der Waals surface area contributed by atoms with Crippen molar-refractivity contribution >= 4 is 49.6 Å². The average Bonchev–Trinajstić information content (AvgIpc) is 3.76. The van der Waals surface area contributed by atoms with E-state index in [-0.39, 0.29) is 0 Å². The molecule has 4 bridgehead atoms. The Labute approximate surface area is 411 Å². The zero-order valence-corrected chi connectivity index (χ0v) is 39.4. The van der Waals surface area contributed by atoms with E-state index in [1.54, 1.807) is 5.56 Å². The molecule has 0 amide bonds. The Bertz CT molecular complexity index is 3670. The van der Waals surface area contributed by atoms with Crippen LogP contribution >= 0.6 is 0 Å². The van der Waals surface area contributed by atoms with Crippen LogP contribution in [0.4, 0.5) is 17.1 Å². The molecule has 0 spiro atoms. The van der Waals surface area contributed by atoms with Crippen molar-refractivity contribution in [2.45, 2.75) is 43.9 Å². The zero-order valence-electron chi connectivity index (χ0n) is 39.4. The van der Waals surface area contributed by atoms with Crippen LogP contribution < -0.4 is 4.90 Å². The molecule has 0 unspecified atom stereocenters. The van der Waals surface area contributed by atoms with Crippen LogP contribution in [-0.2, 0) is 5.41 Å². The van der Waals surface area contributed by atoms with Gasteiger partial charge in [-0.15, -0.1) is 0 Å². The lowest BCUT2D eigenvalue weighted by Gasteiger charge is -2.57. The Morgan fingerprint density at radius 1 is 0.371 bits per heavy atom. The van der Waals surface area contributed by atoms with Gasteiger partial charge >= 0.3 is 0 Å². The molecule has 15 rings (SSSR count). The summed E-state index contributed by atoms with van der Waals surface area (Å²) in [4.78, 5) is 2.43. The maximum absolute atomic E-state index is 2.48. The summed E-state index contributed by atoms with van der Waals surface area (Å²) in [7, 11) is 0. The molecule has 1 heterocycles. The van der Waals surface area contributed by atoms with Gasteiger partial charge in [0.25, 0.3) is 0 Å². The monoisotopic (exact) mass is 898 g/mol. The third-order valence-corrected chi connectivity index (χ3v) is 16.5. The third kappa shape index (κ3) is 6.91. The summed E-state index contributed by atoms with van der Waals surface area (Å²) in [6.45, 7) is 0. The van der Waals surface area contributed by atoms with Crippen LogP contribution in [0, 0.1) is 17.8 Å². The highest BCUT2D eigenvalue weighted by atomic mass is 15.1. The van der Waals surface area contributed by atoms with Crippen molar-refractivity contribution in [1.29, 1.82) is 0 Å². The van der Waals surface area contributed by atoms with Gasteiger partial charge in [0.1, 0.15) is 0 Å². The number of hydrogen-bond acceptors (Lipinski definition) is 1. The van der Waals surface area contributed by atoms with Crippen LogP contribution in [0.15, 0.2) is 237 Å². The first-order valence-corrected chi connectivity index (χ1v) is 25.5. The Morgan fingerprint density at radius 3 is 1.53 bits per heavy atom. The van der Waals surface area contributed by atoms with E-state index in [1.807, 2.05) is 0 Å². The predicted molar refractivity (Wildman–Crippen MR) is 295 cm³/mol. The molecule has 0 atom stereocenters. The maximum atomic E-state index is 2.48. The SMILES string of the molecule is c1ccc(-c2cccc3cccc(-c4ccc(N(c5ccc(-c6ccc(C78CC9CC(CC(C9)C7)C8)cc6)cc5)c5cccc(-c6cccc7c8ccccc8n(-c8ccccc8)c67)c5)cc4)c23)cc1. The van der Waals surface area contributed by atoms with Crippen LogP contribution in [0.25, 0.3) is 82.8 Å². The van der Waals surface area contributed by atoms with Gasteiger partial charge in [0, 0.05) is 39.1 Å². The average molecular weight is 899 g/mol. The van der Waals surface area contributed by atoms with E-state index in [0.29, 0.717) is 5.41 Å². The summed E-state index contributed by atoms with van der Waals surface area (Å²) in [5.41, 5.74) is 18.7. The van der Waals surface area contributed by atoms with E-state index in [9.17, 15) is 0 Å². The van der Waals surface area contributed by atoms with E-state index in [4.69, 9.17) is 0 Å². The van der Waals surface area contributed by atoms with E-state index in [2.05, 4.69) is 246 Å². The second-order valence-electron chi connectivity index (χ2n) is 20.7. The molecule has 2 nitrogen and oxygen atoms in total. The van der Waals surface area contributed by atoms with E-state index in [0.717, 1.165) is 40.5 Å². The smallest absolute Gasteiger partial charge is 0.0619 e. The van der Waals surface area contributed by atoms with Gasteiger partial charge < -0.3 is 9.47 Å². The third-order valence-electron chi connectivity index (χ3n) is 16.5. The fourth-order valence-electron chi connectivity index (χ4n) is 13.9. The lowest BCUT2D eigenvalue weighted by Crippen LogP contribution is -2.48. The lowest BCUT2D eigenvalue weighted by atomic mass is 9.48. The van der Waals surface area contributed by atoms with Crippen molar-refractivity contribution in [3.05, 3.63) is 242 Å². The molecule has 0 saturated heterocycles. The minimum Gasteiger partial charge on any atom is -0.310 e. The van der Waals surface area contributed by atoms with Crippen molar-refractivity contribution in [3.8, 4) is 50.2 Å². The molecule has 0 aliphatic heterocycles. The molecule has 4 aliphatic carbocycles. The van der Waals surface area contributed by atoms with E-state index in [1.165, 1.54) is 116 Å². The number of benzene rings is 10. The van der Waals surface area contributed by atoms with E-state index < -0.39 is 0 Å². The van der Waals surface area contributed by atoms with E-state index >= 15 is 0 Å². The quantitative estimate of drug-likeness (QED) is 0.140. The van der Waals surface area contributed by atoms with Crippen molar-refractivity contribution in [3.63, 3.8) is 0 Å². The van der Waals surface area contributed by atoms with Crippen LogP contribution in [0.5, 0.6) is 0 Å². The fraction of sp³-hybridized carbons (Fsp3) is 0.147. The summed E-state index contributed by atoms with van der Waals surface area (Å²) >= 11 is 0. The van der Waals surface area contributed by atoms with Crippen molar-refractivity contribution in [2.24, 2.45) is 17.8 Å². The molecule has 11 aromatic rings. The predicted octanol–water partition coefficient (Wildman–Crippen LogP) is 18.5. The Kier molecular flexibility index (Phi) is 9.76. The molecule has 1 aromatic heterocycles. The highest BCUT2D eigenvalue weighted by Gasteiger charge is 2.51. The standard InChI is InChI=1S/C68H54N2/c1-3-13-51(14-4-1)60-22-10-15-53-16-11-23-61(66(53)60)52-31-37-58(38-32-52)69(57-35-29-50(30-36-57)49-27-33-55(34-28-49)68-43-46-39-47(44-68)41-48(40-46)45-68)59-20-9-17-54(42-59)62-24-12-25-64-63-21-7-8-26-65(63)70(67(62)64)56-18-5-2-6-19-56/h1-38,42,46-48H,39-41,43-45H2. The summed E-state index contributed by atoms with van der Waals surface area (Å²) in [5, 5.41) is 5.02. The summed E-state index contributed by atoms with van der Waals surface area (Å²) < 4.78 is 2.44. The number of nitrogens with zero attached hydrogens (tertiary/aromatic N) is 2. The molecule has 4 fully saturated rings.